The molecule has 1 amide bonds. The van der Waals surface area contributed by atoms with E-state index in [-0.39, 0.29) is 30.6 Å². The van der Waals surface area contributed by atoms with Gasteiger partial charge in [-0.15, -0.1) is 0 Å². The second-order valence-electron chi connectivity index (χ2n) is 7.05. The molecule has 0 aliphatic carbocycles. The number of rotatable bonds is 11. The van der Waals surface area contributed by atoms with Crippen LogP contribution in [0.15, 0.2) is 42.5 Å². The fourth-order valence-corrected chi connectivity index (χ4v) is 3.95. The topological polar surface area (TPSA) is 77.8 Å². The zero-order valence-electron chi connectivity index (χ0n) is 16.0. The van der Waals surface area contributed by atoms with Crippen LogP contribution < -0.4 is 0 Å². The molecular formula is C20H23F4NO4S. The van der Waals surface area contributed by atoms with Crippen LogP contribution in [0, 0.1) is 0 Å². The number of aliphatic hydroxyl groups is 1. The molecule has 0 aromatic heterocycles. The van der Waals surface area contributed by atoms with Crippen molar-refractivity contribution in [1.82, 2.24) is 4.90 Å². The van der Waals surface area contributed by atoms with E-state index in [1.807, 2.05) is 0 Å². The number of carboxylic acids is 1. The summed E-state index contributed by atoms with van der Waals surface area (Å²) < 4.78 is 57.1. The summed E-state index contributed by atoms with van der Waals surface area (Å²) in [6, 6.07) is 5.86. The molecule has 1 aliphatic rings. The minimum Gasteiger partial charge on any atom is -0.481 e. The first-order valence-corrected chi connectivity index (χ1v) is 10.3. The Balaban J connectivity index is 1.99. The molecule has 1 heterocycles. The first kappa shape index (κ1) is 24.2. The Bertz CT molecular complexity index is 760. The monoisotopic (exact) mass is 449 g/mol. The fraction of sp³-hybridized carbons (Fsp3) is 0.500. The average Bonchev–Trinajstić information content (AvgIpc) is 3.03. The van der Waals surface area contributed by atoms with E-state index in [0.29, 0.717) is 0 Å². The van der Waals surface area contributed by atoms with Gasteiger partial charge in [-0.1, -0.05) is 54.2 Å². The smallest absolute Gasteiger partial charge is 0.303 e. The van der Waals surface area contributed by atoms with Gasteiger partial charge < -0.3 is 15.1 Å². The van der Waals surface area contributed by atoms with E-state index < -0.39 is 48.2 Å². The van der Waals surface area contributed by atoms with Gasteiger partial charge in [0, 0.05) is 24.2 Å². The molecule has 1 aromatic rings. The first-order chi connectivity index (χ1) is 14.0. The number of hydrogen-bond acceptors (Lipinski definition) is 4. The average molecular weight is 449 g/mol. The van der Waals surface area contributed by atoms with Crippen LogP contribution in [0.3, 0.4) is 0 Å². The Morgan fingerprint density at radius 3 is 2.53 bits per heavy atom. The van der Waals surface area contributed by atoms with Crippen molar-refractivity contribution in [2.45, 2.75) is 49.7 Å². The zero-order chi connectivity index (χ0) is 22.4. The fourth-order valence-electron chi connectivity index (χ4n) is 2.98. The number of aliphatic hydroxyl groups excluding tert-OH is 1. The lowest BCUT2D eigenvalue weighted by Gasteiger charge is -2.27. The van der Waals surface area contributed by atoms with Gasteiger partial charge >= 0.3 is 11.9 Å². The van der Waals surface area contributed by atoms with Gasteiger partial charge in [0.25, 0.3) is 11.2 Å². The van der Waals surface area contributed by atoms with Crippen molar-refractivity contribution in [2.24, 2.45) is 0 Å². The number of carbonyl (C=O) groups is 2. The number of alkyl halides is 4. The molecule has 0 bridgehead atoms. The summed E-state index contributed by atoms with van der Waals surface area (Å²) in [6.07, 6.45) is -0.921. The maximum atomic E-state index is 14.3. The Hall–Kier alpha value is -2.07. The number of halogens is 4. The summed E-state index contributed by atoms with van der Waals surface area (Å²) in [5.74, 6) is -7.78. The molecule has 2 unspecified atom stereocenters. The normalized spacial score (nSPS) is 18.9. The molecule has 1 fully saturated rings. The van der Waals surface area contributed by atoms with E-state index in [1.165, 1.54) is 24.3 Å². The number of carboxylic acid groups (broad SMARTS) is 1. The standard InChI is InChI=1S/C20H23F4NO4S/c21-19(22,11-5-4-8-17(27)28)13-25-15(12-30-18(25)29)9-10-16(26)20(23,24)14-6-2-1-3-7-14/h1-3,6-7,9-10,15-16,26H,4-5,8,11-13H2,(H,27,28)/b10-9+. The maximum absolute atomic E-state index is 14.3. The molecule has 0 saturated carbocycles. The number of carbonyl (C=O) groups excluding carboxylic acids is 1. The molecule has 0 spiro atoms. The number of thioether (sulfide) groups is 1. The third-order valence-corrected chi connectivity index (χ3v) is 5.63. The molecule has 30 heavy (non-hydrogen) atoms. The summed E-state index contributed by atoms with van der Waals surface area (Å²) >= 11 is 0.798. The van der Waals surface area contributed by atoms with Gasteiger partial charge in [-0.25, -0.2) is 8.78 Å². The molecule has 166 valence electrons. The predicted molar refractivity (Wildman–Crippen MR) is 105 cm³/mol. The summed E-state index contributed by atoms with van der Waals surface area (Å²) in [5, 5.41) is 17.9. The zero-order valence-corrected chi connectivity index (χ0v) is 16.8. The number of aliphatic carboxylic acids is 1. The molecule has 10 heteroatoms. The highest BCUT2D eigenvalue weighted by molar-refractivity contribution is 8.13. The quantitative estimate of drug-likeness (QED) is 0.295. The third-order valence-electron chi connectivity index (χ3n) is 4.64. The molecule has 2 rings (SSSR count). The number of amides is 1. The highest BCUT2D eigenvalue weighted by Gasteiger charge is 2.41. The van der Waals surface area contributed by atoms with Crippen LogP contribution >= 0.6 is 11.8 Å². The Morgan fingerprint density at radius 2 is 1.90 bits per heavy atom. The Labute approximate surface area is 175 Å². The van der Waals surface area contributed by atoms with Crippen LogP contribution in [-0.4, -0.2) is 56.7 Å². The molecule has 5 nitrogen and oxygen atoms in total. The van der Waals surface area contributed by atoms with E-state index in [9.17, 15) is 32.3 Å². The van der Waals surface area contributed by atoms with Gasteiger partial charge in [0.15, 0.2) is 0 Å². The second-order valence-corrected chi connectivity index (χ2v) is 8.02. The minimum atomic E-state index is -3.58. The maximum Gasteiger partial charge on any atom is 0.303 e. The van der Waals surface area contributed by atoms with Gasteiger partial charge in [0.1, 0.15) is 6.10 Å². The lowest BCUT2D eigenvalue weighted by Crippen LogP contribution is -2.41. The molecule has 1 saturated heterocycles. The molecule has 1 aliphatic heterocycles. The van der Waals surface area contributed by atoms with Crippen molar-refractivity contribution < 1.29 is 37.4 Å². The van der Waals surface area contributed by atoms with E-state index in [1.54, 1.807) is 6.07 Å². The summed E-state index contributed by atoms with van der Waals surface area (Å²) in [6.45, 7) is -0.897. The number of nitrogens with zero attached hydrogens (tertiary/aromatic N) is 1. The third kappa shape index (κ3) is 6.73. The predicted octanol–water partition coefficient (Wildman–Crippen LogP) is 4.51. The van der Waals surface area contributed by atoms with Gasteiger partial charge in [-0.2, -0.15) is 8.78 Å². The minimum absolute atomic E-state index is 0.0169. The van der Waals surface area contributed by atoms with Crippen molar-refractivity contribution in [3.8, 4) is 0 Å². The highest BCUT2D eigenvalue weighted by Crippen LogP contribution is 2.34. The Kier molecular flexibility index (Phi) is 8.31. The van der Waals surface area contributed by atoms with Gasteiger partial charge in [-0.05, 0) is 12.8 Å². The van der Waals surface area contributed by atoms with Gasteiger partial charge in [0.05, 0.1) is 12.6 Å². The van der Waals surface area contributed by atoms with Gasteiger partial charge in [-0.3, -0.25) is 9.59 Å². The summed E-state index contributed by atoms with van der Waals surface area (Å²) in [5.41, 5.74) is -0.385. The Morgan fingerprint density at radius 1 is 1.23 bits per heavy atom. The van der Waals surface area contributed by atoms with Crippen LogP contribution in [0.4, 0.5) is 22.4 Å². The van der Waals surface area contributed by atoms with E-state index >= 15 is 0 Å². The SMILES string of the molecule is O=C(O)CCCCC(F)(F)CN1C(=O)SCC1/C=C/C(O)C(F)(F)c1ccccc1. The van der Waals surface area contributed by atoms with Crippen molar-refractivity contribution in [3.05, 3.63) is 48.0 Å². The number of unbranched alkanes of at least 4 members (excludes halogenated alkanes) is 1. The first-order valence-electron chi connectivity index (χ1n) is 9.36. The van der Waals surface area contributed by atoms with Crippen LogP contribution in [0.25, 0.3) is 0 Å². The molecule has 2 atom stereocenters. The van der Waals surface area contributed by atoms with Crippen LogP contribution in [0.5, 0.6) is 0 Å². The number of benzene rings is 1. The molecule has 0 radical (unpaired) electrons. The van der Waals surface area contributed by atoms with Crippen molar-refractivity contribution in [1.29, 1.82) is 0 Å². The van der Waals surface area contributed by atoms with E-state index in [2.05, 4.69) is 0 Å². The van der Waals surface area contributed by atoms with Crippen molar-refractivity contribution in [3.63, 3.8) is 0 Å². The number of hydrogen-bond donors (Lipinski definition) is 2. The molecular weight excluding hydrogens is 426 g/mol. The van der Waals surface area contributed by atoms with E-state index in [0.717, 1.165) is 28.8 Å². The van der Waals surface area contributed by atoms with Crippen molar-refractivity contribution >= 4 is 23.0 Å². The summed E-state index contributed by atoms with van der Waals surface area (Å²) in [4.78, 5) is 23.3. The van der Waals surface area contributed by atoms with E-state index in [4.69, 9.17) is 5.11 Å². The lowest BCUT2D eigenvalue weighted by atomic mass is 10.0. The van der Waals surface area contributed by atoms with Crippen molar-refractivity contribution in [2.75, 3.05) is 12.3 Å². The largest absolute Gasteiger partial charge is 0.481 e. The summed E-state index contributed by atoms with van der Waals surface area (Å²) in [7, 11) is 0. The van der Waals surface area contributed by atoms with Crippen LogP contribution in [0.2, 0.25) is 0 Å². The second kappa shape index (κ2) is 10.3. The molecule has 1 aromatic carbocycles. The highest BCUT2D eigenvalue weighted by atomic mass is 32.2. The van der Waals surface area contributed by atoms with Crippen LogP contribution in [0.1, 0.15) is 31.2 Å². The van der Waals surface area contributed by atoms with Gasteiger partial charge in [0.2, 0.25) is 0 Å². The molecule has 2 N–H and O–H groups in total. The lowest BCUT2D eigenvalue weighted by molar-refractivity contribution is -0.137. The van der Waals surface area contributed by atoms with Crippen LogP contribution in [-0.2, 0) is 10.7 Å².